The number of nitrogens with one attached hydrogen (secondary N) is 1. The Balaban J connectivity index is 1.64. The highest BCUT2D eigenvalue weighted by atomic mass is 16.2. The Morgan fingerprint density at radius 1 is 1.20 bits per heavy atom. The lowest BCUT2D eigenvalue weighted by molar-refractivity contribution is 0.0820. The van der Waals surface area contributed by atoms with Gasteiger partial charge in [-0.15, -0.1) is 0 Å². The van der Waals surface area contributed by atoms with Gasteiger partial charge in [-0.05, 0) is 37.5 Å². The van der Waals surface area contributed by atoms with Crippen LogP contribution in [0.5, 0.6) is 0 Å². The van der Waals surface area contributed by atoms with Crippen LogP contribution in [0.4, 0.5) is 0 Å². The lowest BCUT2D eigenvalue weighted by Crippen LogP contribution is -2.53. The third kappa shape index (κ3) is 3.79. The highest BCUT2D eigenvalue weighted by Gasteiger charge is 2.30. The molecule has 0 spiro atoms. The van der Waals surface area contributed by atoms with Gasteiger partial charge in [0, 0.05) is 38.3 Å². The van der Waals surface area contributed by atoms with Crippen LogP contribution in [0.3, 0.4) is 0 Å². The summed E-state index contributed by atoms with van der Waals surface area (Å²) in [4.78, 5) is 26.1. The standard InChI is InChI=1S/C19H24N4O2/c1-19(2,23-11-10-14-6-4-5-7-15(14)12-23)13-20-18(25)16-8-9-17(24)22(3)21-16/h4-9H,10-13H2,1-3H3,(H,20,25). The van der Waals surface area contributed by atoms with Gasteiger partial charge in [0.25, 0.3) is 11.5 Å². The van der Waals surface area contributed by atoms with Crippen molar-refractivity contribution in [3.05, 3.63) is 63.6 Å². The Kier molecular flexibility index (Phi) is 4.72. The Labute approximate surface area is 147 Å². The largest absolute Gasteiger partial charge is 0.349 e. The van der Waals surface area contributed by atoms with Gasteiger partial charge in [-0.2, -0.15) is 5.10 Å². The van der Waals surface area contributed by atoms with E-state index in [2.05, 4.69) is 53.4 Å². The van der Waals surface area contributed by atoms with Crippen LogP contribution in [0, 0.1) is 0 Å². The molecule has 2 aromatic rings. The summed E-state index contributed by atoms with van der Waals surface area (Å²) in [5.74, 6) is -0.263. The van der Waals surface area contributed by atoms with Crippen molar-refractivity contribution in [2.75, 3.05) is 13.1 Å². The Morgan fingerprint density at radius 2 is 1.92 bits per heavy atom. The third-order valence-electron chi connectivity index (χ3n) is 4.86. The minimum Gasteiger partial charge on any atom is -0.349 e. The summed E-state index contributed by atoms with van der Waals surface area (Å²) in [6.07, 6.45) is 1.02. The van der Waals surface area contributed by atoms with Gasteiger partial charge in [0.2, 0.25) is 0 Å². The zero-order chi connectivity index (χ0) is 18.0. The number of rotatable bonds is 4. The second-order valence-corrected chi connectivity index (χ2v) is 7.12. The van der Waals surface area contributed by atoms with E-state index in [1.54, 1.807) is 0 Å². The summed E-state index contributed by atoms with van der Waals surface area (Å²) in [7, 11) is 1.54. The first kappa shape index (κ1) is 17.4. The summed E-state index contributed by atoms with van der Waals surface area (Å²) in [6.45, 7) is 6.64. The maximum absolute atomic E-state index is 12.3. The van der Waals surface area contributed by atoms with E-state index in [-0.39, 0.29) is 22.7 Å². The van der Waals surface area contributed by atoms with Gasteiger partial charge in [0.15, 0.2) is 0 Å². The number of fused-ring (bicyclic) bond motifs is 1. The molecule has 2 heterocycles. The van der Waals surface area contributed by atoms with E-state index in [0.717, 1.165) is 19.5 Å². The number of hydrogen-bond donors (Lipinski definition) is 1. The Bertz CT molecular complexity index is 841. The molecule has 3 rings (SSSR count). The molecule has 1 aromatic heterocycles. The average molecular weight is 340 g/mol. The number of carbonyl (C=O) groups is 1. The molecule has 132 valence electrons. The van der Waals surface area contributed by atoms with Crippen LogP contribution < -0.4 is 10.9 Å². The molecule has 1 aromatic carbocycles. The molecule has 1 aliphatic heterocycles. The van der Waals surface area contributed by atoms with E-state index >= 15 is 0 Å². The van der Waals surface area contributed by atoms with Gasteiger partial charge >= 0.3 is 0 Å². The fraction of sp³-hybridized carbons (Fsp3) is 0.421. The summed E-state index contributed by atoms with van der Waals surface area (Å²) < 4.78 is 1.17. The molecule has 25 heavy (non-hydrogen) atoms. The molecule has 0 radical (unpaired) electrons. The molecule has 0 saturated heterocycles. The highest BCUT2D eigenvalue weighted by Crippen LogP contribution is 2.24. The fourth-order valence-corrected chi connectivity index (χ4v) is 3.13. The first-order valence-corrected chi connectivity index (χ1v) is 8.51. The number of nitrogens with zero attached hydrogens (tertiary/aromatic N) is 3. The molecular weight excluding hydrogens is 316 g/mol. The summed E-state index contributed by atoms with van der Waals surface area (Å²) in [5.41, 5.74) is 2.61. The van der Waals surface area contributed by atoms with Gasteiger partial charge in [-0.3, -0.25) is 14.5 Å². The van der Waals surface area contributed by atoms with Crippen LogP contribution in [-0.2, 0) is 20.0 Å². The van der Waals surface area contributed by atoms with Crippen molar-refractivity contribution in [2.24, 2.45) is 7.05 Å². The molecule has 0 fully saturated rings. The molecule has 1 aliphatic rings. The first-order valence-electron chi connectivity index (χ1n) is 8.51. The molecule has 6 nitrogen and oxygen atoms in total. The van der Waals surface area contributed by atoms with Gasteiger partial charge in [-0.1, -0.05) is 24.3 Å². The molecular formula is C19H24N4O2. The molecule has 6 heteroatoms. The number of aryl methyl sites for hydroxylation is 1. The van der Waals surface area contributed by atoms with Crippen LogP contribution in [0.25, 0.3) is 0 Å². The molecule has 1 N–H and O–H groups in total. The molecule has 0 aliphatic carbocycles. The zero-order valence-corrected chi connectivity index (χ0v) is 15.0. The quantitative estimate of drug-likeness (QED) is 0.912. The lowest BCUT2D eigenvalue weighted by atomic mass is 9.94. The lowest BCUT2D eigenvalue weighted by Gasteiger charge is -2.41. The monoisotopic (exact) mass is 340 g/mol. The van der Waals surface area contributed by atoms with Gasteiger partial charge in [0.05, 0.1) is 0 Å². The SMILES string of the molecule is Cn1nc(C(=O)NCC(C)(C)N2CCc3ccccc3C2)ccc1=O. The van der Waals surface area contributed by atoms with E-state index in [0.29, 0.717) is 6.54 Å². The minimum absolute atomic E-state index is 0.177. The van der Waals surface area contributed by atoms with Crippen LogP contribution in [0.15, 0.2) is 41.2 Å². The smallest absolute Gasteiger partial charge is 0.271 e. The summed E-state index contributed by atoms with van der Waals surface area (Å²) >= 11 is 0. The zero-order valence-electron chi connectivity index (χ0n) is 15.0. The van der Waals surface area contributed by atoms with Crippen molar-refractivity contribution in [2.45, 2.75) is 32.4 Å². The van der Waals surface area contributed by atoms with Gasteiger partial charge < -0.3 is 5.32 Å². The van der Waals surface area contributed by atoms with Crippen molar-refractivity contribution in [3.63, 3.8) is 0 Å². The van der Waals surface area contributed by atoms with E-state index in [4.69, 9.17) is 0 Å². The normalized spacial score (nSPS) is 14.8. The second-order valence-electron chi connectivity index (χ2n) is 7.12. The Morgan fingerprint density at radius 3 is 2.64 bits per heavy atom. The number of benzene rings is 1. The van der Waals surface area contributed by atoms with Crippen LogP contribution in [0.1, 0.15) is 35.5 Å². The predicted octanol–water partition coefficient (Wildman–Crippen LogP) is 1.35. The number of hydrogen-bond acceptors (Lipinski definition) is 4. The third-order valence-corrected chi connectivity index (χ3v) is 4.86. The first-order chi connectivity index (χ1) is 11.9. The van der Waals surface area contributed by atoms with E-state index in [1.165, 1.54) is 35.0 Å². The number of amides is 1. The summed E-state index contributed by atoms with van der Waals surface area (Å²) in [6, 6.07) is 11.3. The average Bonchev–Trinajstić information content (AvgIpc) is 2.61. The molecule has 0 unspecified atom stereocenters. The molecule has 1 amide bonds. The highest BCUT2D eigenvalue weighted by molar-refractivity contribution is 5.92. The van der Waals surface area contributed by atoms with Crippen LogP contribution in [-0.4, -0.2) is 39.2 Å². The fourth-order valence-electron chi connectivity index (χ4n) is 3.13. The van der Waals surface area contributed by atoms with Gasteiger partial charge in [0.1, 0.15) is 5.69 Å². The van der Waals surface area contributed by atoms with Gasteiger partial charge in [-0.25, -0.2) is 4.68 Å². The molecule has 0 bridgehead atoms. The van der Waals surface area contributed by atoms with E-state index in [9.17, 15) is 9.59 Å². The van der Waals surface area contributed by atoms with E-state index in [1.807, 2.05) is 0 Å². The summed E-state index contributed by atoms with van der Waals surface area (Å²) in [5, 5.41) is 6.94. The predicted molar refractivity (Wildman–Crippen MR) is 96.4 cm³/mol. The van der Waals surface area contributed by atoms with Crippen molar-refractivity contribution in [1.82, 2.24) is 20.0 Å². The van der Waals surface area contributed by atoms with Crippen molar-refractivity contribution < 1.29 is 4.79 Å². The van der Waals surface area contributed by atoms with Crippen molar-refractivity contribution in [1.29, 1.82) is 0 Å². The molecule has 0 saturated carbocycles. The van der Waals surface area contributed by atoms with Crippen molar-refractivity contribution >= 4 is 5.91 Å². The maximum atomic E-state index is 12.3. The van der Waals surface area contributed by atoms with Crippen LogP contribution >= 0.6 is 0 Å². The minimum atomic E-state index is -0.263. The van der Waals surface area contributed by atoms with Crippen LogP contribution in [0.2, 0.25) is 0 Å². The van der Waals surface area contributed by atoms with E-state index < -0.39 is 0 Å². The maximum Gasteiger partial charge on any atom is 0.271 e. The molecule has 0 atom stereocenters. The Hall–Kier alpha value is -2.47. The second kappa shape index (κ2) is 6.80. The number of carbonyl (C=O) groups excluding carboxylic acids is 1. The number of aromatic nitrogens is 2. The van der Waals surface area contributed by atoms with Crippen molar-refractivity contribution in [3.8, 4) is 0 Å². The topological polar surface area (TPSA) is 67.2 Å².